The molecule has 0 atom stereocenters. The maximum atomic E-state index is 12.9. The maximum Gasteiger partial charge on any atom is 0.416 e. The molecule has 0 amide bonds. The predicted octanol–water partition coefficient (Wildman–Crippen LogP) is 4.90. The molecular formula is C17H13ClF3N5. The maximum absolute atomic E-state index is 12.9. The molecule has 0 unspecified atom stereocenters. The van der Waals surface area contributed by atoms with Gasteiger partial charge in [0, 0.05) is 25.1 Å². The van der Waals surface area contributed by atoms with Crippen LogP contribution in [0.4, 0.5) is 30.6 Å². The van der Waals surface area contributed by atoms with Crippen molar-refractivity contribution in [2.75, 3.05) is 10.6 Å². The van der Waals surface area contributed by atoms with Crippen molar-refractivity contribution in [2.24, 2.45) is 0 Å². The zero-order valence-corrected chi connectivity index (χ0v) is 14.0. The van der Waals surface area contributed by atoms with Crippen molar-refractivity contribution in [3.05, 3.63) is 71.1 Å². The molecular weight excluding hydrogens is 367 g/mol. The average Bonchev–Trinajstić information content (AvgIpc) is 2.62. The summed E-state index contributed by atoms with van der Waals surface area (Å²) in [7, 11) is 0. The molecule has 26 heavy (non-hydrogen) atoms. The number of rotatable bonds is 5. The van der Waals surface area contributed by atoms with Gasteiger partial charge in [-0.05, 0) is 35.9 Å². The lowest BCUT2D eigenvalue weighted by molar-refractivity contribution is -0.137. The molecule has 5 nitrogen and oxygen atoms in total. The van der Waals surface area contributed by atoms with Gasteiger partial charge in [0.25, 0.3) is 0 Å². The second-order valence-electron chi connectivity index (χ2n) is 5.30. The second kappa shape index (κ2) is 7.57. The number of aromatic nitrogens is 3. The molecule has 9 heteroatoms. The van der Waals surface area contributed by atoms with Gasteiger partial charge in [0.2, 0.25) is 5.95 Å². The molecule has 2 N–H and O–H groups in total. The van der Waals surface area contributed by atoms with E-state index in [1.807, 2.05) is 12.1 Å². The van der Waals surface area contributed by atoms with E-state index < -0.39 is 11.7 Å². The number of nitrogens with zero attached hydrogens (tertiary/aromatic N) is 3. The highest BCUT2D eigenvalue weighted by Crippen LogP contribution is 2.34. The van der Waals surface area contributed by atoms with Crippen LogP contribution >= 0.6 is 11.6 Å². The minimum atomic E-state index is -4.46. The predicted molar refractivity (Wildman–Crippen MR) is 93.3 cm³/mol. The fourth-order valence-corrected chi connectivity index (χ4v) is 2.30. The molecule has 0 spiro atoms. The van der Waals surface area contributed by atoms with E-state index in [9.17, 15) is 13.2 Å². The first-order chi connectivity index (χ1) is 12.4. The van der Waals surface area contributed by atoms with Crippen LogP contribution in [0.1, 0.15) is 11.1 Å². The summed E-state index contributed by atoms with van der Waals surface area (Å²) in [5.41, 5.74) is 0.252. The van der Waals surface area contributed by atoms with Gasteiger partial charge in [0.1, 0.15) is 5.82 Å². The van der Waals surface area contributed by atoms with Crippen molar-refractivity contribution in [3.8, 4) is 0 Å². The van der Waals surface area contributed by atoms with Gasteiger partial charge >= 0.3 is 6.18 Å². The zero-order chi connectivity index (χ0) is 18.6. The number of pyridine rings is 1. The van der Waals surface area contributed by atoms with E-state index in [4.69, 9.17) is 11.6 Å². The molecule has 0 aliphatic heterocycles. The Bertz CT molecular complexity index is 887. The highest BCUT2D eigenvalue weighted by Gasteiger charge is 2.31. The number of nitrogens with one attached hydrogen (secondary N) is 2. The number of alkyl halides is 3. The molecule has 0 fully saturated rings. The number of hydrogen-bond acceptors (Lipinski definition) is 5. The van der Waals surface area contributed by atoms with Gasteiger partial charge < -0.3 is 10.6 Å². The first-order valence-corrected chi connectivity index (χ1v) is 7.89. The summed E-state index contributed by atoms with van der Waals surface area (Å²) < 4.78 is 38.6. The number of benzene rings is 1. The normalized spacial score (nSPS) is 11.2. The van der Waals surface area contributed by atoms with Gasteiger partial charge in [-0.25, -0.2) is 4.98 Å². The Morgan fingerprint density at radius 3 is 2.65 bits per heavy atom. The average molecular weight is 380 g/mol. The molecule has 1 aromatic carbocycles. The van der Waals surface area contributed by atoms with E-state index in [0.717, 1.165) is 17.7 Å². The Labute approximate surface area is 152 Å². The van der Waals surface area contributed by atoms with E-state index in [2.05, 4.69) is 25.6 Å². The molecule has 0 saturated heterocycles. The quantitative estimate of drug-likeness (QED) is 0.660. The van der Waals surface area contributed by atoms with E-state index >= 15 is 0 Å². The first kappa shape index (κ1) is 17.9. The summed E-state index contributed by atoms with van der Waals surface area (Å²) in [5, 5.41) is 5.96. The molecule has 2 aromatic heterocycles. The summed E-state index contributed by atoms with van der Waals surface area (Å²) in [5.74, 6) is 0.636. The van der Waals surface area contributed by atoms with Gasteiger partial charge in [0.15, 0.2) is 0 Å². The largest absolute Gasteiger partial charge is 0.416 e. The minimum absolute atomic E-state index is 0.110. The molecule has 2 heterocycles. The number of halogens is 4. The molecule has 134 valence electrons. The topological polar surface area (TPSA) is 62.7 Å². The number of hydrogen-bond donors (Lipinski definition) is 2. The van der Waals surface area contributed by atoms with E-state index in [1.165, 1.54) is 18.3 Å². The third-order valence-corrected chi connectivity index (χ3v) is 3.72. The van der Waals surface area contributed by atoms with E-state index in [0.29, 0.717) is 18.3 Å². The van der Waals surface area contributed by atoms with Crippen LogP contribution in [-0.4, -0.2) is 15.0 Å². The summed E-state index contributed by atoms with van der Waals surface area (Å²) in [4.78, 5) is 12.3. The van der Waals surface area contributed by atoms with Gasteiger partial charge in [-0.1, -0.05) is 17.7 Å². The van der Waals surface area contributed by atoms with Crippen LogP contribution in [0, 0.1) is 0 Å². The van der Waals surface area contributed by atoms with Crippen LogP contribution in [0.15, 0.2) is 55.0 Å². The molecule has 0 aliphatic carbocycles. The zero-order valence-electron chi connectivity index (χ0n) is 13.3. The highest BCUT2D eigenvalue weighted by atomic mass is 35.5. The SMILES string of the molecule is FC(F)(F)c1ccc(Cl)c(Nc2ccnc(NCc3cccnc3)n2)c1. The molecule has 0 saturated carbocycles. The van der Waals surface area contributed by atoms with Crippen molar-refractivity contribution in [3.63, 3.8) is 0 Å². The molecule has 0 radical (unpaired) electrons. The minimum Gasteiger partial charge on any atom is -0.350 e. The lowest BCUT2D eigenvalue weighted by Crippen LogP contribution is -2.07. The highest BCUT2D eigenvalue weighted by molar-refractivity contribution is 6.33. The van der Waals surface area contributed by atoms with Crippen molar-refractivity contribution >= 4 is 29.1 Å². The molecule has 0 aliphatic rings. The van der Waals surface area contributed by atoms with Crippen molar-refractivity contribution < 1.29 is 13.2 Å². The lowest BCUT2D eigenvalue weighted by atomic mass is 10.2. The van der Waals surface area contributed by atoms with E-state index in [-0.39, 0.29) is 10.7 Å². The third kappa shape index (κ3) is 4.60. The van der Waals surface area contributed by atoms with Crippen molar-refractivity contribution in [2.45, 2.75) is 12.7 Å². The summed E-state index contributed by atoms with van der Waals surface area (Å²) in [6.45, 7) is 0.460. The van der Waals surface area contributed by atoms with Crippen LogP contribution in [0.5, 0.6) is 0 Å². The van der Waals surface area contributed by atoms with E-state index in [1.54, 1.807) is 12.4 Å². The van der Waals surface area contributed by atoms with Gasteiger partial charge in [-0.2, -0.15) is 18.2 Å². The van der Waals surface area contributed by atoms with Crippen LogP contribution in [-0.2, 0) is 12.7 Å². The third-order valence-electron chi connectivity index (χ3n) is 3.39. The Kier molecular flexibility index (Phi) is 5.22. The Hall–Kier alpha value is -2.87. The van der Waals surface area contributed by atoms with Crippen LogP contribution < -0.4 is 10.6 Å². The van der Waals surface area contributed by atoms with Crippen molar-refractivity contribution in [1.82, 2.24) is 15.0 Å². The Morgan fingerprint density at radius 1 is 1.08 bits per heavy atom. The monoisotopic (exact) mass is 379 g/mol. The molecule has 3 rings (SSSR count). The second-order valence-corrected chi connectivity index (χ2v) is 5.70. The molecule has 0 bridgehead atoms. The fraction of sp³-hybridized carbons (Fsp3) is 0.118. The molecule has 3 aromatic rings. The van der Waals surface area contributed by atoms with Crippen LogP contribution in [0.3, 0.4) is 0 Å². The Balaban J connectivity index is 1.75. The summed E-state index contributed by atoms with van der Waals surface area (Å²) in [6.07, 6.45) is 0.409. The van der Waals surface area contributed by atoms with Gasteiger partial charge in [-0.3, -0.25) is 4.98 Å². The standard InChI is InChI=1S/C17H13ClF3N5/c18-13-4-3-12(17(19,20)21)8-14(13)25-15-5-7-23-16(26-15)24-10-11-2-1-6-22-9-11/h1-9H,10H2,(H2,23,24,25,26). The lowest BCUT2D eigenvalue weighted by Gasteiger charge is -2.12. The first-order valence-electron chi connectivity index (χ1n) is 7.51. The fourth-order valence-electron chi connectivity index (χ4n) is 2.13. The van der Waals surface area contributed by atoms with Crippen LogP contribution in [0.25, 0.3) is 0 Å². The summed E-state index contributed by atoms with van der Waals surface area (Å²) in [6, 6.07) is 8.29. The van der Waals surface area contributed by atoms with Crippen molar-refractivity contribution in [1.29, 1.82) is 0 Å². The Morgan fingerprint density at radius 2 is 1.92 bits per heavy atom. The number of anilines is 3. The smallest absolute Gasteiger partial charge is 0.350 e. The van der Waals surface area contributed by atoms with Gasteiger partial charge in [0.05, 0.1) is 16.3 Å². The summed E-state index contributed by atoms with van der Waals surface area (Å²) >= 11 is 5.98. The van der Waals surface area contributed by atoms with Gasteiger partial charge in [-0.15, -0.1) is 0 Å². The van der Waals surface area contributed by atoms with Crippen LogP contribution in [0.2, 0.25) is 5.02 Å².